The maximum atomic E-state index is 13.0. The van der Waals surface area contributed by atoms with E-state index in [1.165, 1.54) is 11.8 Å². The quantitative estimate of drug-likeness (QED) is 0.506. The van der Waals surface area contributed by atoms with Gasteiger partial charge in [-0.2, -0.15) is 5.26 Å². The van der Waals surface area contributed by atoms with Crippen LogP contribution < -0.4 is 0 Å². The fourth-order valence-electron chi connectivity index (χ4n) is 4.13. The van der Waals surface area contributed by atoms with Crippen LogP contribution >= 0.6 is 11.8 Å². The standard InChI is InChI=1S/C24H26N6OS/c1-29(24(18-25)12-6-3-7-13-24)21(31)17-32-23-28-27-22(20-11-8-14-26-15-20)30(23)16-19-9-4-2-5-10-19/h2,4-5,8-11,14-15H,3,6-7,12-13,16-17H2,1H3. The fourth-order valence-corrected chi connectivity index (χ4v) is 4.98. The number of amides is 1. The number of aromatic nitrogens is 4. The Morgan fingerprint density at radius 3 is 2.62 bits per heavy atom. The molecule has 0 N–H and O–H groups in total. The van der Waals surface area contributed by atoms with Crippen molar-refractivity contribution < 1.29 is 4.79 Å². The molecule has 0 aliphatic heterocycles. The van der Waals surface area contributed by atoms with Crippen molar-refractivity contribution in [2.45, 2.75) is 49.3 Å². The van der Waals surface area contributed by atoms with Gasteiger partial charge in [0.25, 0.3) is 0 Å². The minimum Gasteiger partial charge on any atom is -0.326 e. The Kier molecular flexibility index (Phi) is 6.86. The van der Waals surface area contributed by atoms with Crippen molar-refractivity contribution in [1.82, 2.24) is 24.6 Å². The van der Waals surface area contributed by atoms with Crippen LogP contribution in [0, 0.1) is 11.3 Å². The minimum atomic E-state index is -0.686. The summed E-state index contributed by atoms with van der Waals surface area (Å²) in [5, 5.41) is 19.3. The highest BCUT2D eigenvalue weighted by Crippen LogP contribution is 2.33. The molecule has 1 fully saturated rings. The van der Waals surface area contributed by atoms with E-state index >= 15 is 0 Å². The van der Waals surface area contributed by atoms with E-state index in [0.29, 0.717) is 17.5 Å². The topological polar surface area (TPSA) is 87.7 Å². The first-order chi connectivity index (χ1) is 15.6. The number of pyridine rings is 1. The molecule has 3 aromatic rings. The van der Waals surface area contributed by atoms with Crippen molar-refractivity contribution in [2.24, 2.45) is 0 Å². The Morgan fingerprint density at radius 1 is 1.16 bits per heavy atom. The van der Waals surface area contributed by atoms with Gasteiger partial charge in [0.05, 0.1) is 18.4 Å². The Balaban J connectivity index is 1.55. The van der Waals surface area contributed by atoms with Gasteiger partial charge in [-0.25, -0.2) is 0 Å². The van der Waals surface area contributed by atoms with E-state index in [1.54, 1.807) is 24.3 Å². The van der Waals surface area contributed by atoms with Crippen LogP contribution in [0.5, 0.6) is 0 Å². The molecule has 164 valence electrons. The molecule has 2 aromatic heterocycles. The van der Waals surface area contributed by atoms with Gasteiger partial charge in [-0.1, -0.05) is 61.4 Å². The molecule has 0 bridgehead atoms. The summed E-state index contributed by atoms with van der Waals surface area (Å²) in [6, 6.07) is 16.3. The molecule has 1 amide bonds. The van der Waals surface area contributed by atoms with Gasteiger partial charge >= 0.3 is 0 Å². The Morgan fingerprint density at radius 2 is 1.94 bits per heavy atom. The molecule has 0 radical (unpaired) electrons. The summed E-state index contributed by atoms with van der Waals surface area (Å²) in [5.41, 5.74) is 1.30. The van der Waals surface area contributed by atoms with Crippen LogP contribution in [0.1, 0.15) is 37.7 Å². The first-order valence-electron chi connectivity index (χ1n) is 10.8. The highest BCUT2D eigenvalue weighted by molar-refractivity contribution is 7.99. The van der Waals surface area contributed by atoms with E-state index < -0.39 is 5.54 Å². The average Bonchev–Trinajstić information content (AvgIpc) is 3.25. The summed E-state index contributed by atoms with van der Waals surface area (Å²) >= 11 is 1.36. The molecule has 1 aromatic carbocycles. The zero-order valence-corrected chi connectivity index (χ0v) is 19.0. The molecule has 8 heteroatoms. The monoisotopic (exact) mass is 446 g/mol. The van der Waals surface area contributed by atoms with Crippen LogP contribution in [0.25, 0.3) is 11.4 Å². The first-order valence-corrected chi connectivity index (χ1v) is 11.8. The maximum absolute atomic E-state index is 13.0. The second-order valence-corrected chi connectivity index (χ2v) is 9.01. The van der Waals surface area contributed by atoms with Crippen molar-refractivity contribution in [3.8, 4) is 17.5 Å². The molecule has 32 heavy (non-hydrogen) atoms. The predicted molar refractivity (Wildman–Crippen MR) is 124 cm³/mol. The van der Waals surface area contributed by atoms with Gasteiger partial charge in [0.2, 0.25) is 5.91 Å². The molecule has 0 spiro atoms. The molecule has 0 unspecified atom stereocenters. The third kappa shape index (κ3) is 4.68. The van der Waals surface area contributed by atoms with Crippen LogP contribution in [0.2, 0.25) is 0 Å². The summed E-state index contributed by atoms with van der Waals surface area (Å²) < 4.78 is 2.02. The van der Waals surface area contributed by atoms with Crippen molar-refractivity contribution in [1.29, 1.82) is 5.26 Å². The van der Waals surface area contributed by atoms with Crippen molar-refractivity contribution in [3.63, 3.8) is 0 Å². The number of rotatable bonds is 7. The number of nitrogens with zero attached hydrogens (tertiary/aromatic N) is 6. The summed E-state index contributed by atoms with van der Waals surface area (Å²) in [7, 11) is 1.76. The number of benzene rings is 1. The van der Waals surface area contributed by atoms with E-state index in [4.69, 9.17) is 0 Å². The molecule has 1 aliphatic carbocycles. The normalized spacial score (nSPS) is 15.1. The van der Waals surface area contributed by atoms with E-state index in [0.717, 1.165) is 43.2 Å². The second kappa shape index (κ2) is 9.96. The van der Waals surface area contributed by atoms with Gasteiger partial charge < -0.3 is 4.90 Å². The van der Waals surface area contributed by atoms with Gasteiger partial charge in [-0.05, 0) is 30.5 Å². The lowest BCUT2D eigenvalue weighted by Gasteiger charge is -2.39. The molecule has 4 rings (SSSR count). The number of hydrogen-bond acceptors (Lipinski definition) is 6. The number of thioether (sulfide) groups is 1. The van der Waals surface area contributed by atoms with Crippen molar-refractivity contribution in [2.75, 3.05) is 12.8 Å². The van der Waals surface area contributed by atoms with E-state index in [2.05, 4.69) is 33.4 Å². The number of carbonyl (C=O) groups excluding carboxylic acids is 1. The van der Waals surface area contributed by atoms with Crippen molar-refractivity contribution >= 4 is 17.7 Å². The lowest BCUT2D eigenvalue weighted by atomic mass is 9.81. The van der Waals surface area contributed by atoms with Gasteiger partial charge in [-0.15, -0.1) is 10.2 Å². The van der Waals surface area contributed by atoms with Gasteiger partial charge in [0, 0.05) is 25.0 Å². The molecule has 2 heterocycles. The average molecular weight is 447 g/mol. The number of nitriles is 1. The van der Waals surface area contributed by atoms with Crippen molar-refractivity contribution in [3.05, 3.63) is 60.4 Å². The summed E-state index contributed by atoms with van der Waals surface area (Å²) in [6.07, 6.45) is 8.06. The number of carbonyl (C=O) groups is 1. The van der Waals surface area contributed by atoms with Gasteiger partial charge in [0.1, 0.15) is 5.54 Å². The van der Waals surface area contributed by atoms with E-state index in [1.807, 2.05) is 34.9 Å². The highest BCUT2D eigenvalue weighted by atomic mass is 32.2. The summed E-state index contributed by atoms with van der Waals surface area (Å²) in [4.78, 5) is 18.9. The smallest absolute Gasteiger partial charge is 0.234 e. The number of hydrogen-bond donors (Lipinski definition) is 0. The van der Waals surface area contributed by atoms with Crippen LogP contribution in [0.4, 0.5) is 0 Å². The Bertz CT molecular complexity index is 1090. The molecule has 0 atom stereocenters. The molecule has 0 saturated heterocycles. The van der Waals surface area contributed by atoms with Crippen LogP contribution in [-0.4, -0.2) is 48.9 Å². The minimum absolute atomic E-state index is 0.0596. The first kappa shape index (κ1) is 22.0. The zero-order valence-electron chi connectivity index (χ0n) is 18.1. The predicted octanol–water partition coefficient (Wildman–Crippen LogP) is 4.17. The molecule has 7 nitrogen and oxygen atoms in total. The second-order valence-electron chi connectivity index (χ2n) is 8.07. The molecular weight excluding hydrogens is 420 g/mol. The molecule has 1 saturated carbocycles. The SMILES string of the molecule is CN(C(=O)CSc1nnc(-c2cccnc2)n1Cc1ccccc1)C1(C#N)CCCCC1. The van der Waals surface area contributed by atoms with Gasteiger partial charge in [-0.3, -0.25) is 14.3 Å². The van der Waals surface area contributed by atoms with Crippen LogP contribution in [-0.2, 0) is 11.3 Å². The van der Waals surface area contributed by atoms with E-state index in [-0.39, 0.29) is 11.7 Å². The molecular formula is C24H26N6OS. The third-order valence-electron chi connectivity index (χ3n) is 6.05. The summed E-state index contributed by atoms with van der Waals surface area (Å²) in [5.74, 6) is 0.863. The zero-order chi connectivity index (χ0) is 22.4. The van der Waals surface area contributed by atoms with Crippen LogP contribution in [0.3, 0.4) is 0 Å². The third-order valence-corrected chi connectivity index (χ3v) is 7.00. The molecule has 1 aliphatic rings. The maximum Gasteiger partial charge on any atom is 0.234 e. The van der Waals surface area contributed by atoms with Gasteiger partial charge in [0.15, 0.2) is 11.0 Å². The Hall–Kier alpha value is -3.18. The Labute approximate surface area is 192 Å². The van der Waals surface area contributed by atoms with E-state index in [9.17, 15) is 10.1 Å². The largest absolute Gasteiger partial charge is 0.326 e. The lowest BCUT2D eigenvalue weighted by molar-refractivity contribution is -0.131. The van der Waals surface area contributed by atoms with Crippen LogP contribution in [0.15, 0.2) is 60.0 Å². The lowest BCUT2D eigenvalue weighted by Crippen LogP contribution is -2.50. The summed E-state index contributed by atoms with van der Waals surface area (Å²) in [6.45, 7) is 0.590. The highest BCUT2D eigenvalue weighted by Gasteiger charge is 2.38. The fraction of sp³-hybridized carbons (Fsp3) is 0.375.